The lowest BCUT2D eigenvalue weighted by Crippen LogP contribution is -2.70. The summed E-state index contributed by atoms with van der Waals surface area (Å²) >= 11 is 0. The number of hydrogen-bond donors (Lipinski definition) is 0. The van der Waals surface area contributed by atoms with Crippen molar-refractivity contribution < 1.29 is 33.3 Å². The maximum absolute atomic E-state index is 11.1. The second-order valence-corrected chi connectivity index (χ2v) is 7.24. The van der Waals surface area contributed by atoms with Gasteiger partial charge in [-0.1, -0.05) is 30.3 Å². The zero-order valence-corrected chi connectivity index (χ0v) is 16.5. The highest BCUT2D eigenvalue weighted by Crippen LogP contribution is 2.44. The molecule has 9 nitrogen and oxygen atoms in total. The zero-order valence-electron chi connectivity index (χ0n) is 16.5. The Bertz CT molecular complexity index is 673. The molecule has 6 atom stereocenters. The summed E-state index contributed by atoms with van der Waals surface area (Å²) in [5.74, 6) is -3.01. The Hall–Kier alpha value is -1.62. The highest BCUT2D eigenvalue weighted by atomic mass is 16.8. The van der Waals surface area contributed by atoms with Gasteiger partial charge in [-0.15, -0.1) is 0 Å². The predicted octanol–water partition coefficient (Wildman–Crippen LogP) is 1.96. The van der Waals surface area contributed by atoms with Gasteiger partial charge < -0.3 is 28.4 Å². The monoisotopic (exact) mass is 397 g/mol. The van der Waals surface area contributed by atoms with Crippen molar-refractivity contribution in [3.05, 3.63) is 46.0 Å². The number of nitrogens with zero attached hydrogens (tertiary/aromatic N) is 1. The summed E-state index contributed by atoms with van der Waals surface area (Å²) in [6, 6.07) is 9.64. The van der Waals surface area contributed by atoms with Gasteiger partial charge in [0.15, 0.2) is 6.29 Å². The van der Waals surface area contributed by atoms with Gasteiger partial charge in [-0.3, -0.25) is 10.1 Å². The number of benzene rings is 1. The topological polar surface area (TPSA) is 98.5 Å². The third kappa shape index (κ3) is 4.05. The summed E-state index contributed by atoms with van der Waals surface area (Å²) in [6.45, 7) is 3.50. The van der Waals surface area contributed by atoms with E-state index in [1.54, 1.807) is 13.8 Å². The quantitative estimate of drug-likeness (QED) is 0.509. The Morgan fingerprint density at radius 3 is 2.29 bits per heavy atom. The second-order valence-electron chi connectivity index (χ2n) is 7.24. The van der Waals surface area contributed by atoms with Gasteiger partial charge in [0.2, 0.25) is 18.1 Å². The average molecular weight is 397 g/mol. The van der Waals surface area contributed by atoms with Crippen molar-refractivity contribution in [2.24, 2.45) is 5.92 Å². The van der Waals surface area contributed by atoms with E-state index in [4.69, 9.17) is 28.4 Å². The molecule has 2 heterocycles. The second kappa shape index (κ2) is 8.40. The summed E-state index contributed by atoms with van der Waals surface area (Å²) in [5.41, 5.74) is 0.975. The van der Waals surface area contributed by atoms with Crippen LogP contribution < -0.4 is 0 Å². The Labute approximate surface area is 163 Å². The molecule has 9 heteroatoms. The standard InChI is InChI=1S/C19H27NO8/c1-18(23-3)19(2,24-4)28-16-15(27-18)14(10-20(21)22)12-26-17(16)25-11-13-8-6-5-7-9-13/h5-9,14-17H,10-12H2,1-4H3/t14-,15+,16-,17+,18-,19-/m0/s1. The summed E-state index contributed by atoms with van der Waals surface area (Å²) in [5, 5.41) is 11.1. The lowest BCUT2D eigenvalue weighted by atomic mass is 9.91. The van der Waals surface area contributed by atoms with E-state index in [9.17, 15) is 10.1 Å². The minimum absolute atomic E-state index is 0.119. The highest BCUT2D eigenvalue weighted by Gasteiger charge is 2.61. The maximum atomic E-state index is 11.1. The number of hydrogen-bond acceptors (Lipinski definition) is 8. The van der Waals surface area contributed by atoms with Crippen molar-refractivity contribution in [3.63, 3.8) is 0 Å². The first-order valence-electron chi connectivity index (χ1n) is 9.17. The molecule has 2 fully saturated rings. The Morgan fingerprint density at radius 2 is 1.71 bits per heavy atom. The van der Waals surface area contributed by atoms with Crippen LogP contribution in [-0.4, -0.2) is 62.4 Å². The molecular formula is C19H27NO8. The molecular weight excluding hydrogens is 370 g/mol. The SMILES string of the molecule is CO[C@@]1(C)O[C@@H]2[C@@H](C[N+](=O)[O-])CO[C@@H](OCc3ccccc3)[C@H]2O[C@]1(C)OC. The van der Waals surface area contributed by atoms with Crippen LogP contribution in [-0.2, 0) is 35.0 Å². The minimum Gasteiger partial charge on any atom is -0.349 e. The molecule has 0 aliphatic carbocycles. The van der Waals surface area contributed by atoms with Crippen LogP contribution in [0.4, 0.5) is 0 Å². The minimum atomic E-state index is -1.25. The molecule has 1 aromatic carbocycles. The van der Waals surface area contributed by atoms with Crippen LogP contribution in [0.1, 0.15) is 19.4 Å². The summed E-state index contributed by atoms with van der Waals surface area (Å²) in [6.07, 6.45) is -2.12. The van der Waals surface area contributed by atoms with Gasteiger partial charge in [0.05, 0.1) is 19.1 Å². The molecule has 0 spiro atoms. The van der Waals surface area contributed by atoms with Gasteiger partial charge in [0.1, 0.15) is 12.2 Å². The maximum Gasteiger partial charge on any atom is 0.220 e. The molecule has 156 valence electrons. The van der Waals surface area contributed by atoms with E-state index in [1.165, 1.54) is 14.2 Å². The van der Waals surface area contributed by atoms with Crippen LogP contribution in [0, 0.1) is 16.0 Å². The normalized spacial score (nSPS) is 38.0. The molecule has 0 N–H and O–H groups in total. The van der Waals surface area contributed by atoms with E-state index in [2.05, 4.69) is 0 Å². The fraction of sp³-hybridized carbons (Fsp3) is 0.684. The van der Waals surface area contributed by atoms with E-state index < -0.39 is 36.0 Å². The molecule has 0 radical (unpaired) electrons. The number of fused-ring (bicyclic) bond motifs is 1. The lowest BCUT2D eigenvalue weighted by molar-refractivity contribution is -0.516. The first kappa shape index (κ1) is 21.1. The van der Waals surface area contributed by atoms with Crippen molar-refractivity contribution in [1.29, 1.82) is 0 Å². The van der Waals surface area contributed by atoms with Gasteiger partial charge in [-0.05, 0) is 19.4 Å². The molecule has 3 rings (SSSR count). The van der Waals surface area contributed by atoms with Gasteiger partial charge >= 0.3 is 0 Å². The van der Waals surface area contributed by atoms with Crippen LogP contribution >= 0.6 is 0 Å². The van der Waals surface area contributed by atoms with Gasteiger partial charge in [0, 0.05) is 19.1 Å². The molecule has 0 saturated carbocycles. The van der Waals surface area contributed by atoms with E-state index in [0.717, 1.165) is 5.56 Å². The van der Waals surface area contributed by atoms with Crippen LogP contribution in [0.3, 0.4) is 0 Å². The summed E-state index contributed by atoms with van der Waals surface area (Å²) in [7, 11) is 2.96. The molecule has 28 heavy (non-hydrogen) atoms. The fourth-order valence-corrected chi connectivity index (χ4v) is 3.56. The van der Waals surface area contributed by atoms with Crippen LogP contribution in [0.2, 0.25) is 0 Å². The average Bonchev–Trinajstić information content (AvgIpc) is 2.69. The number of ether oxygens (including phenoxy) is 6. The first-order chi connectivity index (χ1) is 13.3. The first-order valence-corrected chi connectivity index (χ1v) is 9.17. The molecule has 2 aliphatic rings. The fourth-order valence-electron chi connectivity index (χ4n) is 3.56. The van der Waals surface area contributed by atoms with Crippen molar-refractivity contribution >= 4 is 0 Å². The van der Waals surface area contributed by atoms with E-state index in [0.29, 0.717) is 6.61 Å². The van der Waals surface area contributed by atoms with Crippen molar-refractivity contribution in [2.45, 2.75) is 50.5 Å². The van der Waals surface area contributed by atoms with Crippen molar-refractivity contribution in [3.8, 4) is 0 Å². The van der Waals surface area contributed by atoms with Gasteiger partial charge in [-0.25, -0.2) is 0 Å². The van der Waals surface area contributed by atoms with E-state index in [1.807, 2.05) is 30.3 Å². The molecule has 0 unspecified atom stereocenters. The van der Waals surface area contributed by atoms with E-state index >= 15 is 0 Å². The van der Waals surface area contributed by atoms with Gasteiger partial charge in [0.25, 0.3) is 0 Å². The Morgan fingerprint density at radius 1 is 1.11 bits per heavy atom. The van der Waals surface area contributed by atoms with Gasteiger partial charge in [-0.2, -0.15) is 0 Å². The van der Waals surface area contributed by atoms with Crippen LogP contribution in [0.25, 0.3) is 0 Å². The predicted molar refractivity (Wildman–Crippen MR) is 96.9 cm³/mol. The molecule has 1 aromatic rings. The Balaban J connectivity index is 1.82. The highest BCUT2D eigenvalue weighted by molar-refractivity contribution is 5.13. The third-order valence-corrected chi connectivity index (χ3v) is 5.50. The molecule has 2 aliphatic heterocycles. The van der Waals surface area contributed by atoms with Crippen molar-refractivity contribution in [1.82, 2.24) is 0 Å². The summed E-state index contributed by atoms with van der Waals surface area (Å²) < 4.78 is 35.2. The van der Waals surface area contributed by atoms with Crippen LogP contribution in [0.5, 0.6) is 0 Å². The number of rotatable bonds is 7. The third-order valence-electron chi connectivity index (χ3n) is 5.50. The van der Waals surface area contributed by atoms with E-state index in [-0.39, 0.29) is 18.1 Å². The number of methoxy groups -OCH3 is 2. The van der Waals surface area contributed by atoms with Crippen LogP contribution in [0.15, 0.2) is 30.3 Å². The van der Waals surface area contributed by atoms with Crippen molar-refractivity contribution in [2.75, 3.05) is 27.4 Å². The largest absolute Gasteiger partial charge is 0.349 e. The molecule has 0 bridgehead atoms. The Kier molecular flexibility index (Phi) is 6.33. The molecule has 2 saturated heterocycles. The molecule has 0 aromatic heterocycles. The zero-order chi connectivity index (χ0) is 20.4. The summed E-state index contributed by atoms with van der Waals surface area (Å²) in [4.78, 5) is 10.7. The lowest BCUT2D eigenvalue weighted by Gasteiger charge is -2.55. The smallest absolute Gasteiger partial charge is 0.220 e. The molecule has 0 amide bonds. The number of nitro groups is 1.